The number of benzene rings is 2. The topological polar surface area (TPSA) is 58.1 Å². The van der Waals surface area contributed by atoms with Gasteiger partial charge in [0.25, 0.3) is 5.91 Å². The molecule has 6 heteroatoms. The molecule has 1 amide bonds. The SMILES string of the molecule is Cc1ccc(-c2ccc(SCc3ccc(C(=O)NCCN4CCCCC4)cc3)nn2)cc1. The van der Waals surface area contributed by atoms with Gasteiger partial charge >= 0.3 is 0 Å². The molecule has 0 aliphatic carbocycles. The molecule has 4 rings (SSSR count). The summed E-state index contributed by atoms with van der Waals surface area (Å²) < 4.78 is 0. The highest BCUT2D eigenvalue weighted by Crippen LogP contribution is 2.23. The largest absolute Gasteiger partial charge is 0.351 e. The van der Waals surface area contributed by atoms with Crippen LogP contribution in [0.1, 0.15) is 40.7 Å². The monoisotopic (exact) mass is 446 g/mol. The maximum absolute atomic E-state index is 12.4. The Hall–Kier alpha value is -2.70. The van der Waals surface area contributed by atoms with Crippen LogP contribution in [0.25, 0.3) is 11.3 Å². The van der Waals surface area contributed by atoms with Crippen LogP contribution < -0.4 is 5.32 Å². The summed E-state index contributed by atoms with van der Waals surface area (Å²) >= 11 is 1.64. The maximum Gasteiger partial charge on any atom is 0.251 e. The van der Waals surface area contributed by atoms with Gasteiger partial charge in [-0.2, -0.15) is 0 Å². The van der Waals surface area contributed by atoms with Gasteiger partial charge in [0, 0.05) is 30.0 Å². The molecular weight excluding hydrogens is 416 g/mol. The van der Waals surface area contributed by atoms with Crippen LogP contribution in [0, 0.1) is 6.92 Å². The summed E-state index contributed by atoms with van der Waals surface area (Å²) in [5.74, 6) is 0.786. The number of carbonyl (C=O) groups is 1. The molecule has 32 heavy (non-hydrogen) atoms. The summed E-state index contributed by atoms with van der Waals surface area (Å²) in [6.07, 6.45) is 3.88. The lowest BCUT2D eigenvalue weighted by molar-refractivity contribution is 0.0946. The van der Waals surface area contributed by atoms with Crippen molar-refractivity contribution >= 4 is 17.7 Å². The Labute approximate surface area is 194 Å². The fourth-order valence-electron chi connectivity index (χ4n) is 3.80. The number of carbonyl (C=O) groups excluding carboxylic acids is 1. The molecule has 1 N–H and O–H groups in total. The molecule has 0 saturated carbocycles. The third-order valence-electron chi connectivity index (χ3n) is 5.75. The van der Waals surface area contributed by atoms with E-state index in [0.29, 0.717) is 12.1 Å². The average molecular weight is 447 g/mol. The van der Waals surface area contributed by atoms with Crippen molar-refractivity contribution in [3.8, 4) is 11.3 Å². The van der Waals surface area contributed by atoms with Gasteiger partial charge in [-0.05, 0) is 62.7 Å². The quantitative estimate of drug-likeness (QED) is 0.496. The van der Waals surface area contributed by atoms with E-state index in [0.717, 1.165) is 47.2 Å². The second-order valence-electron chi connectivity index (χ2n) is 8.27. The van der Waals surface area contributed by atoms with Gasteiger partial charge < -0.3 is 10.2 Å². The summed E-state index contributed by atoms with van der Waals surface area (Å²) in [6, 6.07) is 20.2. The van der Waals surface area contributed by atoms with Gasteiger partial charge in [0.15, 0.2) is 0 Å². The predicted molar refractivity (Wildman–Crippen MR) is 131 cm³/mol. The number of hydrogen-bond donors (Lipinski definition) is 1. The molecule has 0 radical (unpaired) electrons. The van der Waals surface area contributed by atoms with Crippen molar-refractivity contribution < 1.29 is 4.79 Å². The highest BCUT2D eigenvalue weighted by molar-refractivity contribution is 7.98. The summed E-state index contributed by atoms with van der Waals surface area (Å²) in [5, 5.41) is 12.6. The third-order valence-corrected chi connectivity index (χ3v) is 6.74. The smallest absolute Gasteiger partial charge is 0.251 e. The first kappa shape index (κ1) is 22.5. The number of aromatic nitrogens is 2. The Morgan fingerprint density at radius 3 is 2.38 bits per heavy atom. The lowest BCUT2D eigenvalue weighted by Crippen LogP contribution is -2.37. The summed E-state index contributed by atoms with van der Waals surface area (Å²) in [5.41, 5.74) is 5.05. The fourth-order valence-corrected chi connectivity index (χ4v) is 4.57. The van der Waals surface area contributed by atoms with Gasteiger partial charge in [-0.1, -0.05) is 60.1 Å². The van der Waals surface area contributed by atoms with Gasteiger partial charge in [0.2, 0.25) is 0 Å². The molecule has 166 valence electrons. The number of nitrogens with one attached hydrogen (secondary N) is 1. The predicted octanol–water partition coefficient (Wildman–Crippen LogP) is 4.96. The Bertz CT molecular complexity index is 998. The molecule has 1 saturated heterocycles. The van der Waals surface area contributed by atoms with Crippen LogP contribution in [0.5, 0.6) is 0 Å². The van der Waals surface area contributed by atoms with Gasteiger partial charge in [-0.3, -0.25) is 4.79 Å². The molecular formula is C26H30N4OS. The number of likely N-dealkylation sites (tertiary alicyclic amines) is 1. The lowest BCUT2D eigenvalue weighted by Gasteiger charge is -2.26. The van der Waals surface area contributed by atoms with E-state index in [1.54, 1.807) is 11.8 Å². The van der Waals surface area contributed by atoms with Crippen molar-refractivity contribution in [2.24, 2.45) is 0 Å². The van der Waals surface area contributed by atoms with Crippen molar-refractivity contribution in [1.29, 1.82) is 0 Å². The highest BCUT2D eigenvalue weighted by Gasteiger charge is 2.11. The molecule has 1 aromatic heterocycles. The first-order valence-electron chi connectivity index (χ1n) is 11.3. The molecule has 2 aromatic carbocycles. The third kappa shape index (κ3) is 6.40. The maximum atomic E-state index is 12.4. The average Bonchev–Trinajstić information content (AvgIpc) is 2.84. The number of piperidine rings is 1. The number of amides is 1. The second kappa shape index (κ2) is 11.2. The van der Waals surface area contributed by atoms with E-state index in [-0.39, 0.29) is 5.91 Å². The van der Waals surface area contributed by atoms with Crippen LogP contribution in [0.15, 0.2) is 65.7 Å². The Balaban J connectivity index is 1.23. The van der Waals surface area contributed by atoms with Crippen molar-refractivity contribution in [2.75, 3.05) is 26.2 Å². The molecule has 0 unspecified atom stereocenters. The van der Waals surface area contributed by atoms with E-state index in [2.05, 4.69) is 51.6 Å². The van der Waals surface area contributed by atoms with Gasteiger partial charge in [0.05, 0.1) is 5.69 Å². The minimum Gasteiger partial charge on any atom is -0.351 e. The fraction of sp³-hybridized carbons (Fsp3) is 0.346. The van der Waals surface area contributed by atoms with Crippen molar-refractivity contribution in [2.45, 2.75) is 37.0 Å². The number of rotatable bonds is 8. The first-order valence-corrected chi connectivity index (χ1v) is 12.3. The molecule has 3 aromatic rings. The van der Waals surface area contributed by atoms with E-state index in [1.165, 1.54) is 24.8 Å². The lowest BCUT2D eigenvalue weighted by atomic mass is 10.1. The minimum atomic E-state index is -0.00114. The first-order chi connectivity index (χ1) is 15.7. The number of thioether (sulfide) groups is 1. The zero-order valence-corrected chi connectivity index (χ0v) is 19.4. The van der Waals surface area contributed by atoms with Crippen LogP contribution >= 0.6 is 11.8 Å². The van der Waals surface area contributed by atoms with Gasteiger partial charge in [0.1, 0.15) is 5.03 Å². The van der Waals surface area contributed by atoms with Gasteiger partial charge in [-0.25, -0.2) is 0 Å². The van der Waals surface area contributed by atoms with Crippen molar-refractivity contribution in [3.63, 3.8) is 0 Å². The van der Waals surface area contributed by atoms with E-state index in [4.69, 9.17) is 0 Å². The van der Waals surface area contributed by atoms with Crippen LogP contribution in [-0.4, -0.2) is 47.2 Å². The van der Waals surface area contributed by atoms with E-state index >= 15 is 0 Å². The minimum absolute atomic E-state index is 0.00114. The van der Waals surface area contributed by atoms with Crippen molar-refractivity contribution in [1.82, 2.24) is 20.4 Å². The molecule has 0 spiro atoms. The normalized spacial score (nSPS) is 14.3. The van der Waals surface area contributed by atoms with Crippen LogP contribution in [0.2, 0.25) is 0 Å². The van der Waals surface area contributed by atoms with Crippen LogP contribution in [0.3, 0.4) is 0 Å². The van der Waals surface area contributed by atoms with Crippen LogP contribution in [-0.2, 0) is 5.75 Å². The summed E-state index contributed by atoms with van der Waals surface area (Å²) in [7, 11) is 0. The Morgan fingerprint density at radius 2 is 1.69 bits per heavy atom. The molecule has 0 atom stereocenters. The number of aryl methyl sites for hydroxylation is 1. The Kier molecular flexibility index (Phi) is 7.91. The number of nitrogens with zero attached hydrogens (tertiary/aromatic N) is 3. The zero-order valence-electron chi connectivity index (χ0n) is 18.6. The number of hydrogen-bond acceptors (Lipinski definition) is 5. The second-order valence-corrected chi connectivity index (χ2v) is 9.26. The van der Waals surface area contributed by atoms with Crippen molar-refractivity contribution in [3.05, 3.63) is 77.4 Å². The molecule has 1 fully saturated rings. The van der Waals surface area contributed by atoms with Crippen LogP contribution in [0.4, 0.5) is 0 Å². The molecule has 1 aliphatic rings. The van der Waals surface area contributed by atoms with E-state index in [1.807, 2.05) is 36.4 Å². The van der Waals surface area contributed by atoms with E-state index < -0.39 is 0 Å². The highest BCUT2D eigenvalue weighted by atomic mass is 32.2. The zero-order chi connectivity index (χ0) is 22.2. The Morgan fingerprint density at radius 1 is 0.938 bits per heavy atom. The van der Waals surface area contributed by atoms with Gasteiger partial charge in [-0.15, -0.1) is 10.2 Å². The molecule has 1 aliphatic heterocycles. The van der Waals surface area contributed by atoms with E-state index in [9.17, 15) is 4.79 Å². The molecule has 0 bridgehead atoms. The summed E-state index contributed by atoms with van der Waals surface area (Å²) in [6.45, 7) is 6.02. The molecule has 2 heterocycles. The summed E-state index contributed by atoms with van der Waals surface area (Å²) in [4.78, 5) is 14.8. The molecule has 5 nitrogen and oxygen atoms in total. The standard InChI is InChI=1S/C26H30N4OS/c1-20-5-9-22(10-6-20)24-13-14-25(29-28-24)32-19-21-7-11-23(12-8-21)26(31)27-15-18-30-16-3-2-4-17-30/h5-14H,2-4,15-19H2,1H3,(H,27,31).